The summed E-state index contributed by atoms with van der Waals surface area (Å²) < 4.78 is 14.0. The maximum atomic E-state index is 14.0. The number of nitriles is 4. The van der Waals surface area contributed by atoms with Gasteiger partial charge in [-0.05, 0) is 125 Å². The van der Waals surface area contributed by atoms with E-state index in [1.165, 1.54) is 58.0 Å². The molecule has 0 radical (unpaired) electrons. The van der Waals surface area contributed by atoms with Crippen LogP contribution in [0.4, 0.5) is 46.3 Å². The van der Waals surface area contributed by atoms with Gasteiger partial charge in [-0.3, -0.25) is 19.3 Å². The first-order valence-electron chi connectivity index (χ1n) is 26.3. The lowest BCUT2D eigenvalue weighted by atomic mass is 10.0. The van der Waals surface area contributed by atoms with Crippen molar-refractivity contribution in [3.05, 3.63) is 114 Å². The minimum absolute atomic E-state index is 0.0235. The van der Waals surface area contributed by atoms with Gasteiger partial charge in [-0.25, -0.2) is 38.3 Å². The molecule has 4 N–H and O–H groups in total. The zero-order chi connectivity index (χ0) is 60.4. The summed E-state index contributed by atoms with van der Waals surface area (Å²) in [6, 6.07) is 15.7. The number of aliphatic hydroxyl groups is 4. The molecule has 26 heteroatoms. The minimum atomic E-state index is -0.894. The second-order valence-corrected chi connectivity index (χ2v) is 21.7. The fraction of sp³-hybridized carbons (Fsp3) is 0.386. The topological polar surface area (TPSA) is 321 Å². The molecule has 8 atom stereocenters. The second kappa shape index (κ2) is 22.9. The van der Waals surface area contributed by atoms with Gasteiger partial charge >= 0.3 is 24.1 Å². The molecular weight excluding hydrogens is 1120 g/mol. The lowest BCUT2D eigenvalue weighted by Crippen LogP contribution is -2.36. The van der Waals surface area contributed by atoms with Crippen molar-refractivity contribution in [3.8, 4) is 24.3 Å². The number of anilines is 4. The van der Waals surface area contributed by atoms with Crippen LogP contribution in [0.1, 0.15) is 75.8 Å². The van der Waals surface area contributed by atoms with E-state index in [1.807, 2.05) is 44.2 Å². The third-order valence-electron chi connectivity index (χ3n) is 16.4. The highest BCUT2D eigenvalue weighted by atomic mass is 35.5. The van der Waals surface area contributed by atoms with Gasteiger partial charge in [0.25, 0.3) is 17.7 Å². The monoisotopic (exact) mass is 1170 g/mol. The molecule has 8 fully saturated rings. The highest BCUT2D eigenvalue weighted by Crippen LogP contribution is 2.40. The van der Waals surface area contributed by atoms with Crippen LogP contribution in [0, 0.1) is 85.8 Å². The minimum Gasteiger partial charge on any atom is -0.391 e. The molecule has 4 aromatic rings. The summed E-state index contributed by atoms with van der Waals surface area (Å²) in [7, 11) is 0. The predicted octanol–water partition coefficient (Wildman–Crippen LogP) is 5.30. The van der Waals surface area contributed by atoms with Gasteiger partial charge in [0.15, 0.2) is 0 Å². The molecule has 23 nitrogen and oxygen atoms in total. The van der Waals surface area contributed by atoms with Gasteiger partial charge in [-0.2, -0.15) is 21.0 Å². The van der Waals surface area contributed by atoms with Crippen molar-refractivity contribution in [3.63, 3.8) is 0 Å². The van der Waals surface area contributed by atoms with Crippen molar-refractivity contribution in [1.29, 1.82) is 21.0 Å². The van der Waals surface area contributed by atoms with Gasteiger partial charge in [0, 0.05) is 42.5 Å². The molecule has 0 bridgehead atoms. The number of nitrogens with zero attached hydrogens (tertiary/aromatic N) is 12. The highest BCUT2D eigenvalue weighted by Gasteiger charge is 2.55. The Balaban J connectivity index is 0.000000133. The largest absolute Gasteiger partial charge is 0.391 e. The first-order valence-corrected chi connectivity index (χ1v) is 27.0. The van der Waals surface area contributed by atoms with Crippen LogP contribution in [0.25, 0.3) is 0 Å². The fourth-order valence-corrected chi connectivity index (χ4v) is 12.2. The third kappa shape index (κ3) is 9.76. The Labute approximate surface area is 484 Å². The van der Waals surface area contributed by atoms with Crippen molar-refractivity contribution >= 4 is 87.8 Å². The number of benzene rings is 4. The van der Waals surface area contributed by atoms with Gasteiger partial charge in [0.1, 0.15) is 42.2 Å². The Morgan fingerprint density at radius 2 is 0.867 bits per heavy atom. The van der Waals surface area contributed by atoms with Crippen LogP contribution in [0.15, 0.2) is 48.5 Å². The van der Waals surface area contributed by atoms with Crippen LogP contribution >= 0.6 is 23.2 Å². The Bertz CT molecular complexity index is 3530. The Morgan fingerprint density at radius 3 is 1.33 bits per heavy atom. The molecule has 8 saturated heterocycles. The van der Waals surface area contributed by atoms with E-state index in [2.05, 4.69) is 0 Å². The molecule has 8 aliphatic heterocycles. The number of halogens is 3. The highest BCUT2D eigenvalue weighted by molar-refractivity contribution is 6.37. The molecule has 0 spiro atoms. The number of hydrogen-bond acceptors (Lipinski definition) is 15. The number of urea groups is 4. The molecule has 0 aliphatic carbocycles. The average molecular weight is 1170 g/mol. The summed E-state index contributed by atoms with van der Waals surface area (Å²) in [6.07, 6.45) is -1.19. The number of amides is 11. The Hall–Kier alpha value is -8.72. The predicted molar refractivity (Wildman–Crippen MR) is 294 cm³/mol. The molecule has 4 aromatic carbocycles. The van der Waals surface area contributed by atoms with Gasteiger partial charge in [-0.15, -0.1) is 0 Å². The van der Waals surface area contributed by atoms with Crippen molar-refractivity contribution < 1.29 is 58.4 Å². The summed E-state index contributed by atoms with van der Waals surface area (Å²) >= 11 is 12.5. The SMILES string of the molecule is Cc1c(C#N)ccc(N2C(=O)[C@@H]3[C@H](O)CCN3C2=O)c1Cl.Cc1c(N2C(=O)[C@@H]3[C@H](O)CCN3C2=O)ccc(C#N)c1C#N.Cc1c(N2C(=O)[C@@H]3[C@H](O)CCN3C2=O)ccc(C#N)c1F.Cc1ccc(N2C[C@@H]3[C@H](O)CCN3C2=O)c(C)c1Cl. The van der Waals surface area contributed by atoms with Gasteiger partial charge in [0.2, 0.25) is 0 Å². The average Bonchev–Trinajstić information content (AvgIpc) is 2.66. The van der Waals surface area contributed by atoms with Crippen molar-refractivity contribution in [2.75, 3.05) is 52.3 Å². The van der Waals surface area contributed by atoms with E-state index in [-0.39, 0.29) is 56.4 Å². The van der Waals surface area contributed by atoms with E-state index in [0.29, 0.717) is 80.1 Å². The van der Waals surface area contributed by atoms with E-state index >= 15 is 0 Å². The molecule has 8 aliphatic rings. The first-order chi connectivity index (χ1) is 39.4. The zero-order valence-corrected chi connectivity index (χ0v) is 46.8. The van der Waals surface area contributed by atoms with Crippen LogP contribution in [-0.4, -0.2) is 163 Å². The van der Waals surface area contributed by atoms with Crippen molar-refractivity contribution in [2.24, 2.45) is 0 Å². The smallest absolute Gasteiger partial charge is 0.332 e. The Morgan fingerprint density at radius 1 is 0.458 bits per heavy atom. The number of hydrogen-bond donors (Lipinski definition) is 4. The molecular formula is C57H53Cl2FN12O11. The van der Waals surface area contributed by atoms with Gasteiger partial charge < -0.3 is 40.0 Å². The van der Waals surface area contributed by atoms with Crippen LogP contribution in [0.2, 0.25) is 10.0 Å². The second-order valence-electron chi connectivity index (χ2n) is 20.9. The standard InChI is InChI=1S/C15H12N4O3.C14H12ClN3O3.C14H17ClN2O2.C14H12FN3O3/c1-8-10(7-17)9(6-16)2-3-11(8)19-14(21)13-12(20)4-5-18(13)15(19)22;1-7-8(6-16)2-3-9(11(7)15)18-13(20)12-10(19)4-5-17(12)14(18)21;1-8-3-4-10(9(2)13(8)15)17-7-11-12(18)5-6-16(11)14(17)19;1-7-9(3-2-8(6-16)11(7)15)18-13(20)12-10(19)4-5-17(12)14(18)21/h2-3,12-13,20H,4-5H2,1H3;2-3,10,12,19H,4-5H2,1H3;3-4,11-12,18H,5-7H2,1-2H3;2-3,10,12,19H,4-5H2,1H3/t12-,13+;10-,12+;11-,12-;10-,12+/m1111/s1. The third-order valence-corrected chi connectivity index (χ3v) is 17.4. The molecule has 0 saturated carbocycles. The quantitative estimate of drug-likeness (QED) is 0.188. The lowest BCUT2D eigenvalue weighted by molar-refractivity contribution is -0.122. The van der Waals surface area contributed by atoms with Crippen LogP contribution in [0.3, 0.4) is 0 Å². The van der Waals surface area contributed by atoms with E-state index in [0.717, 1.165) is 31.5 Å². The van der Waals surface area contributed by atoms with E-state index < -0.39 is 84.2 Å². The molecule has 8 heterocycles. The van der Waals surface area contributed by atoms with E-state index in [4.69, 9.17) is 39.0 Å². The summed E-state index contributed by atoms with van der Waals surface area (Å²) in [6.45, 7) is 10.7. The van der Waals surface area contributed by atoms with E-state index in [9.17, 15) is 63.6 Å². The number of carbonyl (C=O) groups is 7. The molecule has 11 amide bonds. The maximum absolute atomic E-state index is 14.0. The number of aliphatic hydroxyl groups excluding tert-OH is 4. The number of rotatable bonds is 4. The Kier molecular flexibility index (Phi) is 16.3. The number of fused-ring (bicyclic) bond motifs is 4. The number of aryl methyl sites for hydroxylation is 1. The maximum Gasteiger partial charge on any atom is 0.332 e. The summed E-state index contributed by atoms with van der Waals surface area (Å²) in [5.74, 6) is -2.27. The van der Waals surface area contributed by atoms with Gasteiger partial charge in [-0.1, -0.05) is 29.3 Å². The summed E-state index contributed by atoms with van der Waals surface area (Å²) in [5.41, 5.74) is 5.01. The molecule has 83 heavy (non-hydrogen) atoms. The van der Waals surface area contributed by atoms with Crippen LogP contribution < -0.4 is 19.6 Å². The normalized spacial score (nSPS) is 24.6. The molecule has 0 aromatic heterocycles. The summed E-state index contributed by atoms with van der Waals surface area (Å²) in [5, 5.41) is 76.3. The lowest BCUT2D eigenvalue weighted by Gasteiger charge is -2.20. The van der Waals surface area contributed by atoms with Crippen molar-refractivity contribution in [2.45, 2.75) is 109 Å². The van der Waals surface area contributed by atoms with Crippen molar-refractivity contribution in [1.82, 2.24) is 19.6 Å². The molecule has 12 rings (SSSR count). The molecule has 0 unspecified atom stereocenters. The van der Waals surface area contributed by atoms with Crippen LogP contribution in [0.5, 0.6) is 0 Å². The van der Waals surface area contributed by atoms with Crippen LogP contribution in [-0.2, 0) is 14.4 Å². The number of imide groups is 3. The summed E-state index contributed by atoms with van der Waals surface area (Å²) in [4.78, 5) is 97.0. The fourth-order valence-electron chi connectivity index (χ4n) is 11.8. The first kappa shape index (κ1) is 58.9. The van der Waals surface area contributed by atoms with Gasteiger partial charge in [0.05, 0.1) is 87.4 Å². The van der Waals surface area contributed by atoms with E-state index in [1.54, 1.807) is 29.7 Å². The number of carbonyl (C=O) groups excluding carboxylic acids is 7. The zero-order valence-electron chi connectivity index (χ0n) is 45.2. The molecule has 428 valence electrons.